The van der Waals surface area contributed by atoms with Gasteiger partial charge in [0.2, 0.25) is 5.95 Å². The molecular weight excluding hydrogens is 466 g/mol. The Morgan fingerprint density at radius 2 is 2.03 bits per heavy atom. The summed E-state index contributed by atoms with van der Waals surface area (Å²) in [6.07, 6.45) is -4.73. The van der Waals surface area contributed by atoms with Crippen molar-refractivity contribution >= 4 is 44.8 Å². The fourth-order valence-electron chi connectivity index (χ4n) is 3.16. The number of nitrogens with one attached hydrogen (secondary N) is 1. The number of benzene rings is 1. The van der Waals surface area contributed by atoms with E-state index in [0.29, 0.717) is 10.9 Å². The SMILES string of the molecule is Nc1nc2c(nc(SCc3ccccc3Br)n2[C@@H]2O[C@H](CO)[C@H](O)[C@@H]2O)c(=O)[nH]1. The third-order valence-corrected chi connectivity index (χ3v) is 6.40. The molecule has 0 bridgehead atoms. The lowest BCUT2D eigenvalue weighted by Gasteiger charge is -2.19. The maximum atomic E-state index is 12.3. The Morgan fingerprint density at radius 3 is 2.72 bits per heavy atom. The van der Waals surface area contributed by atoms with Crippen LogP contribution in [0.5, 0.6) is 0 Å². The summed E-state index contributed by atoms with van der Waals surface area (Å²) in [5.41, 5.74) is 6.31. The normalized spacial score (nSPS) is 24.4. The van der Waals surface area contributed by atoms with Crippen LogP contribution in [0.1, 0.15) is 11.8 Å². The van der Waals surface area contributed by atoms with Gasteiger partial charge in [-0.3, -0.25) is 14.3 Å². The number of thioether (sulfide) groups is 1. The van der Waals surface area contributed by atoms with Gasteiger partial charge in [0.05, 0.1) is 6.61 Å². The Hall–Kier alpha value is -1.96. The average Bonchev–Trinajstić information content (AvgIpc) is 3.19. The summed E-state index contributed by atoms with van der Waals surface area (Å²) in [6.45, 7) is -0.475. The summed E-state index contributed by atoms with van der Waals surface area (Å²) in [5.74, 6) is 0.394. The molecule has 0 spiro atoms. The number of imidazole rings is 1. The number of nitrogen functional groups attached to an aromatic ring is 1. The van der Waals surface area contributed by atoms with Crippen LogP contribution in [-0.2, 0) is 10.5 Å². The van der Waals surface area contributed by atoms with E-state index in [9.17, 15) is 20.1 Å². The molecule has 0 unspecified atom stereocenters. The molecule has 3 heterocycles. The van der Waals surface area contributed by atoms with Crippen LogP contribution in [0.15, 0.2) is 38.7 Å². The average molecular weight is 484 g/mol. The number of halogens is 1. The zero-order chi connectivity index (χ0) is 20.7. The van der Waals surface area contributed by atoms with Crippen molar-refractivity contribution < 1.29 is 20.1 Å². The second kappa shape index (κ2) is 8.05. The van der Waals surface area contributed by atoms with Gasteiger partial charge in [0, 0.05) is 10.2 Å². The van der Waals surface area contributed by atoms with Crippen LogP contribution in [0, 0.1) is 0 Å². The molecule has 0 saturated carbocycles. The second-order valence-corrected chi connectivity index (χ2v) is 8.29. The number of H-pyrrole nitrogens is 1. The number of aliphatic hydroxyl groups excluding tert-OH is 3. The number of ether oxygens (including phenoxy) is 1. The second-order valence-electron chi connectivity index (χ2n) is 6.50. The van der Waals surface area contributed by atoms with Crippen molar-refractivity contribution in [1.82, 2.24) is 19.5 Å². The van der Waals surface area contributed by atoms with Crippen LogP contribution in [0.2, 0.25) is 0 Å². The standard InChI is InChI=1S/C17H18BrN5O5S/c18-8-4-2-1-3-7(8)6-29-17-20-10-13(21-16(19)22-14(10)27)23(17)15-12(26)11(25)9(5-24)28-15/h1-4,9,11-12,15,24-26H,5-6H2,(H3,19,21,22,27)/t9-,11+,12+,15-/m1/s1. The topological polar surface area (TPSA) is 160 Å². The van der Waals surface area contributed by atoms with E-state index in [2.05, 4.69) is 30.9 Å². The van der Waals surface area contributed by atoms with Crippen LogP contribution in [-0.4, -0.2) is 59.8 Å². The van der Waals surface area contributed by atoms with Crippen molar-refractivity contribution in [2.45, 2.75) is 35.4 Å². The number of nitrogens with zero attached hydrogens (tertiary/aromatic N) is 3. The molecule has 4 rings (SSSR count). The van der Waals surface area contributed by atoms with Crippen molar-refractivity contribution in [3.05, 3.63) is 44.7 Å². The summed E-state index contributed by atoms with van der Waals surface area (Å²) >= 11 is 4.80. The molecule has 6 N–H and O–H groups in total. The highest BCUT2D eigenvalue weighted by molar-refractivity contribution is 9.10. The lowest BCUT2D eigenvalue weighted by atomic mass is 10.1. The molecule has 0 aliphatic carbocycles. The minimum atomic E-state index is -1.35. The van der Waals surface area contributed by atoms with Crippen molar-refractivity contribution in [3.63, 3.8) is 0 Å². The molecular formula is C17H18BrN5O5S. The van der Waals surface area contributed by atoms with Gasteiger partial charge in [-0.05, 0) is 11.6 Å². The predicted octanol–water partition coefficient (Wildman–Crippen LogP) is 0.368. The number of aliphatic hydroxyl groups is 3. The van der Waals surface area contributed by atoms with Crippen LogP contribution < -0.4 is 11.3 Å². The lowest BCUT2D eigenvalue weighted by Crippen LogP contribution is -2.33. The summed E-state index contributed by atoms with van der Waals surface area (Å²) < 4.78 is 8.00. The number of aromatic amines is 1. The smallest absolute Gasteiger partial charge is 0.280 e. The highest BCUT2D eigenvalue weighted by Gasteiger charge is 2.45. The van der Waals surface area contributed by atoms with Crippen LogP contribution >= 0.6 is 27.7 Å². The summed E-state index contributed by atoms with van der Waals surface area (Å²) in [7, 11) is 0. The molecule has 4 atom stereocenters. The first-order valence-electron chi connectivity index (χ1n) is 8.67. The molecule has 154 valence electrons. The molecule has 1 aliphatic heterocycles. The molecule has 1 fully saturated rings. The van der Waals surface area contributed by atoms with Gasteiger partial charge >= 0.3 is 0 Å². The molecule has 0 amide bonds. The molecule has 1 aromatic carbocycles. The van der Waals surface area contributed by atoms with Gasteiger partial charge in [-0.15, -0.1) is 0 Å². The fourth-order valence-corrected chi connectivity index (χ4v) is 4.80. The lowest BCUT2D eigenvalue weighted by molar-refractivity contribution is -0.0548. The van der Waals surface area contributed by atoms with E-state index >= 15 is 0 Å². The zero-order valence-corrected chi connectivity index (χ0v) is 17.3. The fraction of sp³-hybridized carbons (Fsp3) is 0.353. The first-order chi connectivity index (χ1) is 13.9. The molecule has 2 aromatic heterocycles. The Morgan fingerprint density at radius 1 is 1.28 bits per heavy atom. The third-order valence-electron chi connectivity index (χ3n) is 4.62. The molecule has 1 saturated heterocycles. The van der Waals surface area contributed by atoms with Crippen molar-refractivity contribution in [2.24, 2.45) is 0 Å². The number of rotatable bonds is 5. The van der Waals surface area contributed by atoms with Gasteiger partial charge in [-0.2, -0.15) is 4.98 Å². The number of nitrogens with two attached hydrogens (primary N) is 1. The van der Waals surface area contributed by atoms with Crippen LogP contribution in [0.25, 0.3) is 11.2 Å². The van der Waals surface area contributed by atoms with Gasteiger partial charge in [-0.25, -0.2) is 4.98 Å². The van der Waals surface area contributed by atoms with E-state index in [1.54, 1.807) is 0 Å². The summed E-state index contributed by atoms with van der Waals surface area (Å²) in [4.78, 5) is 23.2. The zero-order valence-electron chi connectivity index (χ0n) is 14.9. The Balaban J connectivity index is 1.79. The highest BCUT2D eigenvalue weighted by atomic mass is 79.9. The maximum absolute atomic E-state index is 12.3. The largest absolute Gasteiger partial charge is 0.394 e. The van der Waals surface area contributed by atoms with E-state index in [-0.39, 0.29) is 17.1 Å². The highest BCUT2D eigenvalue weighted by Crippen LogP contribution is 2.36. The van der Waals surface area contributed by atoms with Gasteiger partial charge in [0.25, 0.3) is 5.56 Å². The van der Waals surface area contributed by atoms with Crippen molar-refractivity contribution in [2.75, 3.05) is 12.3 Å². The predicted molar refractivity (Wildman–Crippen MR) is 109 cm³/mol. The number of aromatic nitrogens is 4. The van der Waals surface area contributed by atoms with Gasteiger partial charge in [-0.1, -0.05) is 45.9 Å². The van der Waals surface area contributed by atoms with Gasteiger partial charge in [0.1, 0.15) is 18.3 Å². The Kier molecular flexibility index (Phi) is 5.64. The monoisotopic (exact) mass is 483 g/mol. The minimum absolute atomic E-state index is 0.0339. The van der Waals surface area contributed by atoms with Gasteiger partial charge in [0.15, 0.2) is 22.5 Å². The first-order valence-corrected chi connectivity index (χ1v) is 10.4. The van der Waals surface area contributed by atoms with E-state index < -0.39 is 36.7 Å². The van der Waals surface area contributed by atoms with E-state index in [0.717, 1.165) is 10.0 Å². The molecule has 1 aliphatic rings. The number of hydrogen-bond acceptors (Lipinski definition) is 9. The van der Waals surface area contributed by atoms with E-state index in [1.807, 2.05) is 24.3 Å². The number of fused-ring (bicyclic) bond motifs is 1. The van der Waals surface area contributed by atoms with Crippen molar-refractivity contribution in [3.8, 4) is 0 Å². The molecule has 10 nitrogen and oxygen atoms in total. The maximum Gasteiger partial charge on any atom is 0.280 e. The quantitative estimate of drug-likeness (QED) is 0.323. The molecule has 12 heteroatoms. The van der Waals surface area contributed by atoms with Crippen LogP contribution in [0.4, 0.5) is 5.95 Å². The number of hydrogen-bond donors (Lipinski definition) is 5. The van der Waals surface area contributed by atoms with Crippen LogP contribution in [0.3, 0.4) is 0 Å². The van der Waals surface area contributed by atoms with Gasteiger partial charge < -0.3 is 25.8 Å². The first kappa shape index (κ1) is 20.3. The molecule has 3 aromatic rings. The Labute approximate surface area is 176 Å². The Bertz CT molecular complexity index is 1110. The number of anilines is 1. The summed E-state index contributed by atoms with van der Waals surface area (Å²) in [6, 6.07) is 7.67. The summed E-state index contributed by atoms with van der Waals surface area (Å²) in [5, 5.41) is 30.4. The third kappa shape index (κ3) is 3.67. The van der Waals surface area contributed by atoms with E-state index in [4.69, 9.17) is 10.5 Å². The van der Waals surface area contributed by atoms with Crippen molar-refractivity contribution in [1.29, 1.82) is 0 Å². The molecule has 29 heavy (non-hydrogen) atoms. The van der Waals surface area contributed by atoms with E-state index in [1.165, 1.54) is 16.3 Å². The molecule has 0 radical (unpaired) electrons. The minimum Gasteiger partial charge on any atom is -0.394 e.